The van der Waals surface area contributed by atoms with Crippen LogP contribution >= 0.6 is 0 Å². The van der Waals surface area contributed by atoms with Crippen molar-refractivity contribution in [3.8, 4) is 0 Å². The maximum absolute atomic E-state index is 12.2. The Labute approximate surface area is 143 Å². The number of benzene rings is 1. The minimum Gasteiger partial charge on any atom is -0.385 e. The lowest BCUT2D eigenvalue weighted by molar-refractivity contribution is 0.0914. The molecule has 2 N–H and O–H groups in total. The molecule has 128 valence electrons. The second kappa shape index (κ2) is 9.03. The first kappa shape index (κ1) is 17.9. The van der Waals surface area contributed by atoms with Crippen LogP contribution in [-0.2, 0) is 0 Å². The zero-order valence-electron chi connectivity index (χ0n) is 14.3. The Morgan fingerprint density at radius 3 is 2.62 bits per heavy atom. The fourth-order valence-electron chi connectivity index (χ4n) is 2.36. The molecule has 0 saturated heterocycles. The van der Waals surface area contributed by atoms with Crippen molar-refractivity contribution < 1.29 is 9.90 Å². The van der Waals surface area contributed by atoms with E-state index in [-0.39, 0.29) is 12.5 Å². The molecule has 1 aromatic carbocycles. The van der Waals surface area contributed by atoms with Crippen molar-refractivity contribution in [2.75, 3.05) is 25.0 Å². The predicted octanol–water partition coefficient (Wildman–Crippen LogP) is 2.78. The summed E-state index contributed by atoms with van der Waals surface area (Å²) in [5.41, 5.74) is 2.22. The molecule has 1 amide bonds. The Morgan fingerprint density at radius 2 is 2.00 bits per heavy atom. The summed E-state index contributed by atoms with van der Waals surface area (Å²) in [6.07, 6.45) is 3.11. The molecule has 1 heterocycles. The van der Waals surface area contributed by atoms with E-state index < -0.39 is 6.10 Å². The highest BCUT2D eigenvalue weighted by molar-refractivity contribution is 5.94. The molecule has 5 nitrogen and oxygen atoms in total. The number of nitrogens with zero attached hydrogens (tertiary/aromatic N) is 2. The summed E-state index contributed by atoms with van der Waals surface area (Å²) in [4.78, 5) is 18.4. The number of hydrogen-bond donors (Lipinski definition) is 2. The number of aliphatic hydroxyl groups excluding tert-OH is 1. The number of hydrogen-bond acceptors (Lipinski definition) is 4. The highest BCUT2D eigenvalue weighted by Gasteiger charge is 2.12. The lowest BCUT2D eigenvalue weighted by atomic mass is 10.1. The standard InChI is InChI=1S/C19H25N3O2/c1-3-4-13-22(2)16-10-8-15(9-11-16)19(24)21-14-18(23)17-7-5-6-12-20-17/h5-12,18,23H,3-4,13-14H2,1-2H3,(H,21,24)/t18-/m1/s1. The smallest absolute Gasteiger partial charge is 0.251 e. The van der Waals surface area contributed by atoms with Gasteiger partial charge in [0.15, 0.2) is 0 Å². The Hall–Kier alpha value is -2.40. The Balaban J connectivity index is 1.88. The van der Waals surface area contributed by atoms with Crippen LogP contribution in [0.2, 0.25) is 0 Å². The van der Waals surface area contributed by atoms with Gasteiger partial charge in [0, 0.05) is 37.6 Å². The van der Waals surface area contributed by atoms with Gasteiger partial charge < -0.3 is 15.3 Å². The number of anilines is 1. The summed E-state index contributed by atoms with van der Waals surface area (Å²) in [5, 5.41) is 12.8. The summed E-state index contributed by atoms with van der Waals surface area (Å²) < 4.78 is 0. The molecule has 2 aromatic rings. The van der Waals surface area contributed by atoms with E-state index in [4.69, 9.17) is 0 Å². The molecule has 1 atom stereocenters. The SMILES string of the molecule is CCCCN(C)c1ccc(C(=O)NC[C@@H](O)c2ccccn2)cc1. The monoisotopic (exact) mass is 327 g/mol. The van der Waals surface area contributed by atoms with Crippen molar-refractivity contribution in [1.29, 1.82) is 0 Å². The number of aromatic nitrogens is 1. The van der Waals surface area contributed by atoms with Crippen LogP contribution in [-0.4, -0.2) is 36.1 Å². The topological polar surface area (TPSA) is 65.5 Å². The number of unbranched alkanes of at least 4 members (excludes halogenated alkanes) is 1. The normalized spacial score (nSPS) is 11.8. The van der Waals surface area contributed by atoms with Crippen LogP contribution in [0.3, 0.4) is 0 Å². The molecule has 0 radical (unpaired) electrons. The number of aliphatic hydroxyl groups is 1. The van der Waals surface area contributed by atoms with E-state index in [9.17, 15) is 9.90 Å². The summed E-state index contributed by atoms with van der Waals surface area (Å²) in [5.74, 6) is -0.201. The molecule has 0 unspecified atom stereocenters. The molecule has 0 aliphatic heterocycles. The Morgan fingerprint density at radius 1 is 1.25 bits per heavy atom. The first-order valence-corrected chi connectivity index (χ1v) is 8.30. The predicted molar refractivity (Wildman–Crippen MR) is 96.2 cm³/mol. The number of rotatable bonds is 8. The van der Waals surface area contributed by atoms with E-state index in [0.717, 1.165) is 25.1 Å². The van der Waals surface area contributed by atoms with Crippen LogP contribution < -0.4 is 10.2 Å². The van der Waals surface area contributed by atoms with Gasteiger partial charge in [-0.2, -0.15) is 0 Å². The first-order valence-electron chi connectivity index (χ1n) is 8.30. The van der Waals surface area contributed by atoms with E-state index >= 15 is 0 Å². The highest BCUT2D eigenvalue weighted by atomic mass is 16.3. The molecule has 0 spiro atoms. The van der Waals surface area contributed by atoms with E-state index in [1.807, 2.05) is 19.2 Å². The fraction of sp³-hybridized carbons (Fsp3) is 0.368. The zero-order valence-corrected chi connectivity index (χ0v) is 14.3. The quantitative estimate of drug-likeness (QED) is 0.782. The van der Waals surface area contributed by atoms with Crippen molar-refractivity contribution in [2.24, 2.45) is 0 Å². The molecule has 1 aromatic heterocycles. The second-order valence-electron chi connectivity index (χ2n) is 5.80. The van der Waals surface area contributed by atoms with Gasteiger partial charge in [-0.1, -0.05) is 19.4 Å². The van der Waals surface area contributed by atoms with Crippen LogP contribution in [0.4, 0.5) is 5.69 Å². The van der Waals surface area contributed by atoms with Crippen molar-refractivity contribution >= 4 is 11.6 Å². The largest absolute Gasteiger partial charge is 0.385 e. The summed E-state index contributed by atoms with van der Waals surface area (Å²) in [7, 11) is 2.05. The zero-order chi connectivity index (χ0) is 17.4. The lowest BCUT2D eigenvalue weighted by Gasteiger charge is -2.19. The maximum atomic E-state index is 12.2. The third kappa shape index (κ3) is 5.06. The number of carbonyl (C=O) groups is 1. The Kier molecular flexibility index (Phi) is 6.75. The van der Waals surface area contributed by atoms with Gasteiger partial charge in [-0.3, -0.25) is 9.78 Å². The summed E-state index contributed by atoms with van der Waals surface area (Å²) >= 11 is 0. The van der Waals surface area contributed by atoms with Crippen LogP contribution in [0.15, 0.2) is 48.7 Å². The number of pyridine rings is 1. The Bertz CT molecular complexity index is 629. The highest BCUT2D eigenvalue weighted by Crippen LogP contribution is 2.15. The molecular formula is C19H25N3O2. The van der Waals surface area contributed by atoms with E-state index in [2.05, 4.69) is 22.1 Å². The molecule has 0 saturated carbocycles. The fourth-order valence-corrected chi connectivity index (χ4v) is 2.36. The minimum atomic E-state index is -0.811. The number of nitrogens with one attached hydrogen (secondary N) is 1. The molecule has 2 rings (SSSR count). The number of carbonyl (C=O) groups excluding carboxylic acids is 1. The maximum Gasteiger partial charge on any atom is 0.251 e. The van der Waals surface area contributed by atoms with E-state index in [0.29, 0.717) is 11.3 Å². The lowest BCUT2D eigenvalue weighted by Crippen LogP contribution is -2.28. The average molecular weight is 327 g/mol. The van der Waals surface area contributed by atoms with E-state index in [1.54, 1.807) is 36.5 Å². The third-order valence-corrected chi connectivity index (χ3v) is 3.90. The van der Waals surface area contributed by atoms with Gasteiger partial charge in [-0.05, 0) is 42.8 Å². The van der Waals surface area contributed by atoms with Gasteiger partial charge in [0.1, 0.15) is 6.10 Å². The molecule has 24 heavy (non-hydrogen) atoms. The molecule has 0 bridgehead atoms. The minimum absolute atomic E-state index is 0.133. The molecule has 5 heteroatoms. The van der Waals surface area contributed by atoms with Gasteiger partial charge in [-0.25, -0.2) is 0 Å². The second-order valence-corrected chi connectivity index (χ2v) is 5.80. The summed E-state index contributed by atoms with van der Waals surface area (Å²) in [6.45, 7) is 3.30. The number of amides is 1. The first-order chi connectivity index (χ1) is 11.6. The third-order valence-electron chi connectivity index (χ3n) is 3.90. The van der Waals surface area contributed by atoms with E-state index in [1.165, 1.54) is 0 Å². The van der Waals surface area contributed by atoms with Gasteiger partial charge >= 0.3 is 0 Å². The molecule has 0 aliphatic rings. The average Bonchev–Trinajstić information content (AvgIpc) is 2.64. The van der Waals surface area contributed by atoms with Crippen LogP contribution in [0.5, 0.6) is 0 Å². The van der Waals surface area contributed by atoms with Crippen molar-refractivity contribution in [3.63, 3.8) is 0 Å². The van der Waals surface area contributed by atoms with Crippen molar-refractivity contribution in [3.05, 3.63) is 59.9 Å². The molecular weight excluding hydrogens is 302 g/mol. The van der Waals surface area contributed by atoms with Crippen LogP contribution in [0.1, 0.15) is 41.9 Å². The van der Waals surface area contributed by atoms with Gasteiger partial charge in [0.05, 0.1) is 5.69 Å². The van der Waals surface area contributed by atoms with Crippen molar-refractivity contribution in [2.45, 2.75) is 25.9 Å². The van der Waals surface area contributed by atoms with Gasteiger partial charge in [0.2, 0.25) is 0 Å². The molecule has 0 fully saturated rings. The van der Waals surface area contributed by atoms with Gasteiger partial charge in [0.25, 0.3) is 5.91 Å². The van der Waals surface area contributed by atoms with Gasteiger partial charge in [-0.15, -0.1) is 0 Å². The van der Waals surface area contributed by atoms with Crippen LogP contribution in [0.25, 0.3) is 0 Å². The van der Waals surface area contributed by atoms with Crippen molar-refractivity contribution in [1.82, 2.24) is 10.3 Å². The van der Waals surface area contributed by atoms with Crippen LogP contribution in [0, 0.1) is 0 Å². The molecule has 0 aliphatic carbocycles. The summed E-state index contributed by atoms with van der Waals surface area (Å²) in [6, 6.07) is 12.8.